The second kappa shape index (κ2) is 15.2. The molecule has 3 rings (SSSR count). The van der Waals surface area contributed by atoms with Gasteiger partial charge in [-0.1, -0.05) is 31.0 Å². The van der Waals surface area contributed by atoms with E-state index in [2.05, 4.69) is 28.0 Å². The Labute approximate surface area is 221 Å². The van der Waals surface area contributed by atoms with Crippen LogP contribution in [0.1, 0.15) is 44.6 Å². The fraction of sp³-hybridized carbons (Fsp3) is 0.552. The van der Waals surface area contributed by atoms with Crippen LogP contribution in [0.4, 0.5) is 5.69 Å². The van der Waals surface area contributed by atoms with Gasteiger partial charge in [-0.2, -0.15) is 0 Å². The lowest BCUT2D eigenvalue weighted by molar-refractivity contribution is -0.143. The SMILES string of the molecule is CCOC(=O)CCCCCCOc1c(CN2CCN(c3ccccc3OC)CC2)ccc(OC)c1OC. The monoisotopic (exact) mass is 514 g/mol. The minimum Gasteiger partial charge on any atom is -0.495 e. The predicted octanol–water partition coefficient (Wildman–Crippen LogP) is 4.93. The number of para-hydroxylation sites is 2. The molecule has 1 fully saturated rings. The van der Waals surface area contributed by atoms with E-state index in [1.165, 1.54) is 0 Å². The highest BCUT2D eigenvalue weighted by Crippen LogP contribution is 2.41. The molecule has 2 aromatic carbocycles. The lowest BCUT2D eigenvalue weighted by Crippen LogP contribution is -2.46. The molecule has 1 aliphatic rings. The topological polar surface area (TPSA) is 69.7 Å². The number of hydrogen-bond donors (Lipinski definition) is 0. The zero-order valence-electron chi connectivity index (χ0n) is 22.8. The fourth-order valence-corrected chi connectivity index (χ4v) is 4.63. The molecule has 0 atom stereocenters. The van der Waals surface area contributed by atoms with Crippen molar-refractivity contribution in [1.29, 1.82) is 0 Å². The van der Waals surface area contributed by atoms with Gasteiger partial charge < -0.3 is 28.6 Å². The van der Waals surface area contributed by atoms with Crippen molar-refractivity contribution in [2.75, 3.05) is 65.6 Å². The quantitative estimate of drug-likeness (QED) is 0.245. The van der Waals surface area contributed by atoms with Gasteiger partial charge in [0, 0.05) is 44.7 Å². The van der Waals surface area contributed by atoms with Crippen LogP contribution in [0, 0.1) is 0 Å². The van der Waals surface area contributed by atoms with Crippen LogP contribution in [-0.2, 0) is 16.1 Å². The number of carbonyl (C=O) groups excluding carboxylic acids is 1. The first-order chi connectivity index (χ1) is 18.1. The number of anilines is 1. The van der Waals surface area contributed by atoms with Crippen molar-refractivity contribution in [1.82, 2.24) is 4.90 Å². The van der Waals surface area contributed by atoms with Gasteiger partial charge in [-0.3, -0.25) is 9.69 Å². The first-order valence-corrected chi connectivity index (χ1v) is 13.2. The molecule has 8 heteroatoms. The number of carbonyl (C=O) groups is 1. The molecule has 1 saturated heterocycles. The van der Waals surface area contributed by atoms with E-state index in [1.807, 2.05) is 25.1 Å². The van der Waals surface area contributed by atoms with Crippen LogP contribution < -0.4 is 23.8 Å². The lowest BCUT2D eigenvalue weighted by Gasteiger charge is -2.37. The van der Waals surface area contributed by atoms with Crippen molar-refractivity contribution in [3.8, 4) is 23.0 Å². The summed E-state index contributed by atoms with van der Waals surface area (Å²) in [7, 11) is 5.01. The molecule has 0 radical (unpaired) electrons. The molecule has 1 aliphatic heterocycles. The van der Waals surface area contributed by atoms with Gasteiger partial charge in [-0.15, -0.1) is 0 Å². The van der Waals surface area contributed by atoms with Crippen LogP contribution >= 0.6 is 0 Å². The van der Waals surface area contributed by atoms with E-state index in [0.717, 1.165) is 81.2 Å². The molecule has 37 heavy (non-hydrogen) atoms. The molecule has 0 saturated carbocycles. The molecule has 0 amide bonds. The molecular formula is C29H42N2O6. The summed E-state index contributed by atoms with van der Waals surface area (Å²) in [6, 6.07) is 12.2. The maximum absolute atomic E-state index is 11.5. The number of rotatable bonds is 15. The summed E-state index contributed by atoms with van der Waals surface area (Å²) in [5.41, 5.74) is 2.23. The third kappa shape index (κ3) is 8.18. The van der Waals surface area contributed by atoms with E-state index in [9.17, 15) is 4.79 Å². The number of esters is 1. The van der Waals surface area contributed by atoms with Crippen molar-refractivity contribution < 1.29 is 28.5 Å². The largest absolute Gasteiger partial charge is 0.495 e. The Bertz CT molecular complexity index is 975. The third-order valence-corrected chi connectivity index (χ3v) is 6.60. The number of unbranched alkanes of at least 4 members (excludes halogenated alkanes) is 3. The minimum absolute atomic E-state index is 0.117. The number of methoxy groups -OCH3 is 3. The summed E-state index contributed by atoms with van der Waals surface area (Å²) in [5, 5.41) is 0. The summed E-state index contributed by atoms with van der Waals surface area (Å²) in [6.07, 6.45) is 4.19. The first kappa shape index (κ1) is 28.4. The van der Waals surface area contributed by atoms with Gasteiger partial charge in [-0.05, 0) is 38.0 Å². The molecule has 0 N–H and O–H groups in total. The second-order valence-corrected chi connectivity index (χ2v) is 9.04. The van der Waals surface area contributed by atoms with Crippen molar-refractivity contribution in [3.05, 3.63) is 42.0 Å². The fourth-order valence-electron chi connectivity index (χ4n) is 4.63. The van der Waals surface area contributed by atoms with Gasteiger partial charge in [0.25, 0.3) is 0 Å². The van der Waals surface area contributed by atoms with Crippen molar-refractivity contribution in [2.24, 2.45) is 0 Å². The Morgan fingerprint density at radius 1 is 0.811 bits per heavy atom. The normalized spacial score (nSPS) is 13.8. The van der Waals surface area contributed by atoms with E-state index in [1.54, 1.807) is 21.3 Å². The molecule has 204 valence electrons. The minimum atomic E-state index is -0.117. The molecule has 8 nitrogen and oxygen atoms in total. The van der Waals surface area contributed by atoms with Gasteiger partial charge in [0.05, 0.1) is 40.2 Å². The zero-order chi connectivity index (χ0) is 26.5. The molecule has 0 aromatic heterocycles. The molecule has 2 aromatic rings. The van der Waals surface area contributed by atoms with E-state index in [4.69, 9.17) is 23.7 Å². The smallest absolute Gasteiger partial charge is 0.305 e. The summed E-state index contributed by atoms with van der Waals surface area (Å²) in [6.45, 7) is 7.35. The summed E-state index contributed by atoms with van der Waals surface area (Å²) < 4.78 is 28.0. The number of hydrogen-bond acceptors (Lipinski definition) is 8. The van der Waals surface area contributed by atoms with Crippen LogP contribution in [0.15, 0.2) is 36.4 Å². The standard InChI is InChI=1S/C29H42N2O6/c1-5-36-27(32)14-8-6-7-11-21-37-28-23(15-16-26(34-3)29(28)35-4)22-30-17-19-31(20-18-30)24-12-9-10-13-25(24)33-2/h9-10,12-13,15-16H,5-8,11,14,17-22H2,1-4H3. The Hall–Kier alpha value is -3.13. The average Bonchev–Trinajstić information content (AvgIpc) is 2.93. The van der Waals surface area contributed by atoms with Gasteiger partial charge in [-0.25, -0.2) is 0 Å². The van der Waals surface area contributed by atoms with Gasteiger partial charge in [0.2, 0.25) is 5.75 Å². The van der Waals surface area contributed by atoms with E-state index in [0.29, 0.717) is 31.1 Å². The Balaban J connectivity index is 1.56. The summed E-state index contributed by atoms with van der Waals surface area (Å²) >= 11 is 0. The Kier molecular flexibility index (Phi) is 11.7. The van der Waals surface area contributed by atoms with Crippen LogP contribution in [0.5, 0.6) is 23.0 Å². The van der Waals surface area contributed by atoms with E-state index >= 15 is 0 Å². The van der Waals surface area contributed by atoms with E-state index in [-0.39, 0.29) is 5.97 Å². The Morgan fingerprint density at radius 3 is 2.24 bits per heavy atom. The van der Waals surface area contributed by atoms with Crippen molar-refractivity contribution in [2.45, 2.75) is 45.6 Å². The highest BCUT2D eigenvalue weighted by molar-refractivity contribution is 5.69. The van der Waals surface area contributed by atoms with Crippen molar-refractivity contribution >= 4 is 11.7 Å². The molecular weight excluding hydrogens is 472 g/mol. The highest BCUT2D eigenvalue weighted by atomic mass is 16.5. The van der Waals surface area contributed by atoms with E-state index < -0.39 is 0 Å². The van der Waals surface area contributed by atoms with Crippen LogP contribution in [0.3, 0.4) is 0 Å². The Morgan fingerprint density at radius 2 is 1.54 bits per heavy atom. The summed E-state index contributed by atoms with van der Waals surface area (Å²) in [4.78, 5) is 16.3. The zero-order valence-corrected chi connectivity index (χ0v) is 22.8. The van der Waals surface area contributed by atoms with Gasteiger partial charge in [0.1, 0.15) is 5.75 Å². The maximum atomic E-state index is 11.5. The summed E-state index contributed by atoms with van der Waals surface area (Å²) in [5.74, 6) is 2.84. The van der Waals surface area contributed by atoms with Crippen molar-refractivity contribution in [3.63, 3.8) is 0 Å². The second-order valence-electron chi connectivity index (χ2n) is 9.04. The van der Waals surface area contributed by atoms with Gasteiger partial charge in [0.15, 0.2) is 11.5 Å². The molecule has 0 unspecified atom stereocenters. The van der Waals surface area contributed by atoms with Crippen LogP contribution in [0.2, 0.25) is 0 Å². The molecule has 0 bridgehead atoms. The third-order valence-electron chi connectivity index (χ3n) is 6.60. The van der Waals surface area contributed by atoms with Crippen LogP contribution in [-0.4, -0.2) is 71.6 Å². The maximum Gasteiger partial charge on any atom is 0.305 e. The lowest BCUT2D eigenvalue weighted by atomic mass is 10.1. The molecule has 1 heterocycles. The number of ether oxygens (including phenoxy) is 5. The average molecular weight is 515 g/mol. The van der Waals surface area contributed by atoms with Gasteiger partial charge >= 0.3 is 5.97 Å². The molecule has 0 aliphatic carbocycles. The number of piperazine rings is 1. The number of benzene rings is 2. The molecule has 0 spiro atoms. The number of nitrogens with zero attached hydrogens (tertiary/aromatic N) is 2. The predicted molar refractivity (Wildman–Crippen MR) is 145 cm³/mol. The first-order valence-electron chi connectivity index (χ1n) is 13.2. The van der Waals surface area contributed by atoms with Crippen LogP contribution in [0.25, 0.3) is 0 Å². The highest BCUT2D eigenvalue weighted by Gasteiger charge is 2.23.